The number of hydrogen-bond donors (Lipinski definition) is 1. The Balaban J connectivity index is 1.55. The lowest BCUT2D eigenvalue weighted by Crippen LogP contribution is -2.47. The second-order valence-corrected chi connectivity index (χ2v) is 7.73. The summed E-state index contributed by atoms with van der Waals surface area (Å²) in [7, 11) is 0. The van der Waals surface area contributed by atoms with Gasteiger partial charge in [-0.05, 0) is 44.0 Å². The number of ether oxygens (including phenoxy) is 1. The summed E-state index contributed by atoms with van der Waals surface area (Å²) in [5.41, 5.74) is 0.636. The summed E-state index contributed by atoms with van der Waals surface area (Å²) >= 11 is 0. The maximum Gasteiger partial charge on any atom is 0.335 e. The highest BCUT2D eigenvalue weighted by Crippen LogP contribution is 2.27. The molecule has 10 heteroatoms. The molecule has 1 aliphatic rings. The van der Waals surface area contributed by atoms with E-state index >= 15 is 0 Å². The van der Waals surface area contributed by atoms with E-state index in [1.54, 1.807) is 4.90 Å². The van der Waals surface area contributed by atoms with Crippen LogP contribution in [0.3, 0.4) is 0 Å². The van der Waals surface area contributed by atoms with Crippen LogP contribution >= 0.6 is 0 Å². The molecule has 1 N–H and O–H groups in total. The lowest BCUT2D eigenvalue weighted by Gasteiger charge is -2.38. The van der Waals surface area contributed by atoms with Gasteiger partial charge in [0.05, 0.1) is 42.0 Å². The average Bonchev–Trinajstić information content (AvgIpc) is 3.33. The quantitative estimate of drug-likeness (QED) is 0.629. The van der Waals surface area contributed by atoms with Crippen LogP contribution in [0.5, 0.6) is 5.88 Å². The van der Waals surface area contributed by atoms with Gasteiger partial charge in [0, 0.05) is 24.6 Å². The van der Waals surface area contributed by atoms with E-state index in [1.807, 2.05) is 6.92 Å². The SMILES string of the molecule is C[C@H]1CC[C@@H](COc2ccc(F)cn2)CN1C(=O)c1cc(C(=O)O)ccc1-n1nccn1. The maximum atomic E-state index is 13.5. The van der Waals surface area contributed by atoms with E-state index in [0.29, 0.717) is 24.7 Å². The summed E-state index contributed by atoms with van der Waals surface area (Å²) in [6.07, 6.45) is 5.69. The van der Waals surface area contributed by atoms with E-state index in [0.717, 1.165) is 19.0 Å². The van der Waals surface area contributed by atoms with Crippen molar-refractivity contribution >= 4 is 11.9 Å². The number of aromatic carboxylic acids is 1. The Morgan fingerprint density at radius 2 is 1.97 bits per heavy atom. The number of amides is 1. The third-order valence-corrected chi connectivity index (χ3v) is 5.52. The summed E-state index contributed by atoms with van der Waals surface area (Å²) in [5.74, 6) is -1.48. The van der Waals surface area contributed by atoms with Crippen molar-refractivity contribution in [2.45, 2.75) is 25.8 Å². The zero-order valence-electron chi connectivity index (χ0n) is 17.4. The predicted molar refractivity (Wildman–Crippen MR) is 111 cm³/mol. The van der Waals surface area contributed by atoms with Crippen LogP contribution in [0.25, 0.3) is 5.69 Å². The minimum Gasteiger partial charge on any atom is -0.478 e. The molecule has 1 amide bonds. The Labute approximate surface area is 183 Å². The monoisotopic (exact) mass is 439 g/mol. The number of pyridine rings is 1. The lowest BCUT2D eigenvalue weighted by atomic mass is 9.93. The molecule has 166 valence electrons. The highest BCUT2D eigenvalue weighted by molar-refractivity contribution is 6.00. The Hall–Kier alpha value is -3.82. The van der Waals surface area contributed by atoms with Crippen molar-refractivity contribution in [1.29, 1.82) is 0 Å². The fourth-order valence-corrected chi connectivity index (χ4v) is 3.76. The standard InChI is InChI=1S/C22H22FN5O4/c1-14-2-3-15(13-32-20-7-5-17(23)11-24-20)12-27(14)21(29)18-10-16(22(30)31)4-6-19(18)28-25-8-9-26-28/h4-11,14-15H,2-3,12-13H2,1H3,(H,30,31)/t14-,15+/m0/s1. The van der Waals surface area contributed by atoms with Crippen LogP contribution in [-0.4, -0.2) is 61.1 Å². The second kappa shape index (κ2) is 9.13. The first-order valence-electron chi connectivity index (χ1n) is 10.2. The summed E-state index contributed by atoms with van der Waals surface area (Å²) < 4.78 is 18.7. The van der Waals surface area contributed by atoms with Gasteiger partial charge in [-0.25, -0.2) is 14.2 Å². The molecule has 4 rings (SSSR count). The minimum absolute atomic E-state index is 0.0104. The maximum absolute atomic E-state index is 13.5. The molecule has 0 radical (unpaired) electrons. The van der Waals surface area contributed by atoms with E-state index < -0.39 is 11.8 Å². The van der Waals surface area contributed by atoms with Gasteiger partial charge in [0.1, 0.15) is 5.82 Å². The van der Waals surface area contributed by atoms with Gasteiger partial charge in [0.2, 0.25) is 5.88 Å². The number of carboxylic acid groups (broad SMARTS) is 1. The summed E-state index contributed by atoms with van der Waals surface area (Å²) in [5, 5.41) is 17.6. The van der Waals surface area contributed by atoms with Gasteiger partial charge in [-0.2, -0.15) is 15.0 Å². The number of benzene rings is 1. The molecular weight excluding hydrogens is 417 g/mol. The zero-order chi connectivity index (χ0) is 22.7. The molecule has 32 heavy (non-hydrogen) atoms. The molecule has 0 spiro atoms. The number of hydrogen-bond acceptors (Lipinski definition) is 6. The highest BCUT2D eigenvalue weighted by atomic mass is 19.1. The molecule has 0 bridgehead atoms. The second-order valence-electron chi connectivity index (χ2n) is 7.73. The van der Waals surface area contributed by atoms with E-state index in [2.05, 4.69) is 15.2 Å². The molecule has 2 atom stereocenters. The van der Waals surface area contributed by atoms with Gasteiger partial charge in [0.15, 0.2) is 0 Å². The number of carbonyl (C=O) groups excluding carboxylic acids is 1. The third kappa shape index (κ3) is 4.58. The van der Waals surface area contributed by atoms with Crippen molar-refractivity contribution in [3.05, 3.63) is 65.9 Å². The Bertz CT molecular complexity index is 1100. The van der Waals surface area contributed by atoms with Crippen LogP contribution in [0.4, 0.5) is 4.39 Å². The molecule has 1 aromatic carbocycles. The number of aromatic nitrogens is 4. The van der Waals surface area contributed by atoms with Crippen molar-refractivity contribution < 1.29 is 23.8 Å². The van der Waals surface area contributed by atoms with Crippen LogP contribution in [0, 0.1) is 11.7 Å². The Morgan fingerprint density at radius 1 is 1.19 bits per heavy atom. The van der Waals surface area contributed by atoms with Gasteiger partial charge in [-0.15, -0.1) is 0 Å². The summed E-state index contributed by atoms with van der Waals surface area (Å²) in [4.78, 5) is 31.9. The molecule has 0 aliphatic carbocycles. The molecule has 1 saturated heterocycles. The number of carbonyl (C=O) groups is 2. The minimum atomic E-state index is -1.12. The zero-order valence-corrected chi connectivity index (χ0v) is 17.4. The van der Waals surface area contributed by atoms with E-state index in [1.165, 1.54) is 47.5 Å². The molecule has 0 saturated carbocycles. The number of piperidine rings is 1. The third-order valence-electron chi connectivity index (χ3n) is 5.52. The molecule has 1 aliphatic heterocycles. The van der Waals surface area contributed by atoms with Crippen molar-refractivity contribution in [3.63, 3.8) is 0 Å². The predicted octanol–water partition coefficient (Wildman–Crippen LogP) is 2.82. The van der Waals surface area contributed by atoms with E-state index in [4.69, 9.17) is 4.74 Å². The average molecular weight is 439 g/mol. The van der Waals surface area contributed by atoms with Gasteiger partial charge >= 0.3 is 5.97 Å². The molecule has 0 unspecified atom stereocenters. The number of halogens is 1. The van der Waals surface area contributed by atoms with Crippen LogP contribution in [0.15, 0.2) is 48.9 Å². The van der Waals surface area contributed by atoms with Crippen LogP contribution in [-0.2, 0) is 0 Å². The number of nitrogens with zero attached hydrogens (tertiary/aromatic N) is 5. The normalized spacial score (nSPS) is 18.4. The fourth-order valence-electron chi connectivity index (χ4n) is 3.76. The lowest BCUT2D eigenvalue weighted by molar-refractivity contribution is 0.0502. The van der Waals surface area contributed by atoms with Gasteiger partial charge in [-0.3, -0.25) is 4.79 Å². The molecule has 1 fully saturated rings. The molecule has 3 aromatic rings. The Morgan fingerprint density at radius 3 is 2.66 bits per heavy atom. The van der Waals surface area contributed by atoms with Gasteiger partial charge < -0.3 is 14.7 Å². The fraction of sp³-hybridized carbons (Fsp3) is 0.318. The largest absolute Gasteiger partial charge is 0.478 e. The van der Waals surface area contributed by atoms with Crippen LogP contribution in [0.1, 0.15) is 40.5 Å². The van der Waals surface area contributed by atoms with E-state index in [9.17, 15) is 19.1 Å². The first kappa shape index (κ1) is 21.4. The van der Waals surface area contributed by atoms with Gasteiger partial charge in [0.25, 0.3) is 5.91 Å². The first-order valence-corrected chi connectivity index (χ1v) is 10.2. The Kier molecular flexibility index (Phi) is 6.11. The van der Waals surface area contributed by atoms with E-state index in [-0.39, 0.29) is 29.0 Å². The van der Waals surface area contributed by atoms with Crippen LogP contribution in [0.2, 0.25) is 0 Å². The molecule has 3 heterocycles. The van der Waals surface area contributed by atoms with Crippen LogP contribution < -0.4 is 4.74 Å². The van der Waals surface area contributed by atoms with Crippen molar-refractivity contribution in [1.82, 2.24) is 24.9 Å². The highest BCUT2D eigenvalue weighted by Gasteiger charge is 2.32. The van der Waals surface area contributed by atoms with Crippen molar-refractivity contribution in [2.75, 3.05) is 13.2 Å². The number of carboxylic acids is 1. The topological polar surface area (TPSA) is 110 Å². The van der Waals surface area contributed by atoms with Gasteiger partial charge in [-0.1, -0.05) is 0 Å². The molecule has 9 nitrogen and oxygen atoms in total. The summed E-state index contributed by atoms with van der Waals surface area (Å²) in [6, 6.07) is 7.02. The number of likely N-dealkylation sites (tertiary alicyclic amines) is 1. The molecular formula is C22H22FN5O4. The van der Waals surface area contributed by atoms with Crippen molar-refractivity contribution in [2.24, 2.45) is 5.92 Å². The summed E-state index contributed by atoms with van der Waals surface area (Å²) in [6.45, 7) is 2.73. The number of rotatable bonds is 6. The first-order chi connectivity index (χ1) is 15.4. The molecule has 2 aromatic heterocycles. The smallest absolute Gasteiger partial charge is 0.335 e. The van der Waals surface area contributed by atoms with Crippen molar-refractivity contribution in [3.8, 4) is 11.6 Å².